The van der Waals surface area contributed by atoms with E-state index in [1.54, 1.807) is 13.2 Å². The van der Waals surface area contributed by atoms with Crippen molar-refractivity contribution in [1.82, 2.24) is 9.88 Å². The summed E-state index contributed by atoms with van der Waals surface area (Å²) in [6.45, 7) is 9.13. The molecule has 0 aliphatic carbocycles. The molecule has 1 saturated heterocycles. The third kappa shape index (κ3) is 5.64. The molecule has 1 aromatic rings. The highest BCUT2D eigenvalue weighted by Crippen LogP contribution is 2.24. The zero-order valence-corrected chi connectivity index (χ0v) is 14.7. The van der Waals surface area contributed by atoms with Gasteiger partial charge in [-0.2, -0.15) is 0 Å². The summed E-state index contributed by atoms with van der Waals surface area (Å²) in [6, 6.07) is 3.68. The van der Waals surface area contributed by atoms with Crippen LogP contribution in [0.1, 0.15) is 39.3 Å². The van der Waals surface area contributed by atoms with Gasteiger partial charge in [0.25, 0.3) is 0 Å². The molecule has 23 heavy (non-hydrogen) atoms. The highest BCUT2D eigenvalue weighted by atomic mass is 16.6. The first-order chi connectivity index (χ1) is 10.8. The third-order valence-electron chi connectivity index (χ3n) is 3.60. The van der Waals surface area contributed by atoms with E-state index in [0.717, 1.165) is 30.8 Å². The fourth-order valence-electron chi connectivity index (χ4n) is 2.63. The molecule has 2 heterocycles. The van der Waals surface area contributed by atoms with Gasteiger partial charge >= 0.3 is 0 Å². The highest BCUT2D eigenvalue weighted by molar-refractivity contribution is 5.30. The number of methoxy groups -OCH3 is 1. The number of pyridine rings is 1. The predicted octanol–water partition coefficient (Wildman–Crippen LogP) is 2.33. The van der Waals surface area contributed by atoms with E-state index >= 15 is 0 Å². The van der Waals surface area contributed by atoms with Crippen LogP contribution in [0.2, 0.25) is 0 Å². The van der Waals surface area contributed by atoms with Crippen LogP contribution in [-0.4, -0.2) is 53.3 Å². The van der Waals surface area contributed by atoms with Crippen LogP contribution in [0.25, 0.3) is 0 Å². The largest absolute Gasteiger partial charge is 0.489 e. The number of hydrogen-bond donors (Lipinski definition) is 1. The van der Waals surface area contributed by atoms with Crippen molar-refractivity contribution >= 4 is 0 Å². The molecule has 0 amide bonds. The molecule has 6 heteroatoms. The monoisotopic (exact) mass is 324 g/mol. The van der Waals surface area contributed by atoms with Crippen molar-refractivity contribution < 1.29 is 19.3 Å². The number of ether oxygens (including phenoxy) is 3. The molecule has 2 rings (SSSR count). The number of aliphatic hydroxyl groups is 1. The second-order valence-electron chi connectivity index (χ2n) is 6.92. The van der Waals surface area contributed by atoms with E-state index in [1.807, 2.05) is 38.7 Å². The predicted molar refractivity (Wildman–Crippen MR) is 87.6 cm³/mol. The number of piperidine rings is 1. The molecule has 1 aromatic heterocycles. The van der Waals surface area contributed by atoms with Gasteiger partial charge in [-0.05, 0) is 40.5 Å². The summed E-state index contributed by atoms with van der Waals surface area (Å²) in [6.07, 6.45) is 1.00. The van der Waals surface area contributed by atoms with E-state index in [4.69, 9.17) is 14.2 Å². The average molecular weight is 324 g/mol. The average Bonchev–Trinajstić information content (AvgIpc) is 2.45. The molecule has 6 nitrogen and oxygen atoms in total. The van der Waals surface area contributed by atoms with E-state index in [0.29, 0.717) is 12.4 Å². The number of nitrogens with zero attached hydrogens (tertiary/aromatic N) is 2. The first kappa shape index (κ1) is 18.0. The number of hydrogen-bond acceptors (Lipinski definition) is 6. The van der Waals surface area contributed by atoms with E-state index in [2.05, 4.69) is 4.98 Å². The lowest BCUT2D eigenvalue weighted by Gasteiger charge is -2.37. The fourth-order valence-corrected chi connectivity index (χ4v) is 2.63. The molecule has 0 radical (unpaired) electrons. The summed E-state index contributed by atoms with van der Waals surface area (Å²) in [5.41, 5.74) is 0.464. The molecule has 2 atom stereocenters. The van der Waals surface area contributed by atoms with Crippen molar-refractivity contribution in [2.75, 3.05) is 20.2 Å². The molecule has 130 valence electrons. The first-order valence-corrected chi connectivity index (χ1v) is 8.06. The summed E-state index contributed by atoms with van der Waals surface area (Å²) in [4.78, 5) is 6.16. The van der Waals surface area contributed by atoms with Crippen molar-refractivity contribution in [2.24, 2.45) is 0 Å². The van der Waals surface area contributed by atoms with Crippen LogP contribution >= 0.6 is 0 Å². The Morgan fingerprint density at radius 2 is 2.09 bits per heavy atom. The number of likely N-dealkylation sites (tertiary alicyclic amines) is 1. The maximum absolute atomic E-state index is 10.2. The van der Waals surface area contributed by atoms with Gasteiger partial charge in [0.05, 0.1) is 12.7 Å². The Morgan fingerprint density at radius 3 is 2.74 bits per heavy atom. The van der Waals surface area contributed by atoms with Crippen LogP contribution in [0.3, 0.4) is 0 Å². The summed E-state index contributed by atoms with van der Waals surface area (Å²) in [7, 11) is 1.59. The third-order valence-corrected chi connectivity index (χ3v) is 3.60. The second-order valence-corrected chi connectivity index (χ2v) is 6.92. The normalized spacial score (nSPS) is 21.0. The van der Waals surface area contributed by atoms with Gasteiger partial charge in [0, 0.05) is 30.9 Å². The van der Waals surface area contributed by atoms with E-state index < -0.39 is 6.41 Å². The maximum atomic E-state index is 10.2. The Hall–Kier alpha value is -1.37. The van der Waals surface area contributed by atoms with Gasteiger partial charge in [-0.1, -0.05) is 0 Å². The van der Waals surface area contributed by atoms with Gasteiger partial charge in [0.2, 0.25) is 12.3 Å². The van der Waals surface area contributed by atoms with Gasteiger partial charge < -0.3 is 19.3 Å². The smallest absolute Gasteiger partial charge is 0.216 e. The van der Waals surface area contributed by atoms with Crippen molar-refractivity contribution in [3.63, 3.8) is 0 Å². The number of aliphatic hydroxyl groups excluding tert-OH is 1. The lowest BCUT2D eigenvalue weighted by molar-refractivity contribution is -0.246. The molecule has 0 spiro atoms. The van der Waals surface area contributed by atoms with Gasteiger partial charge in [-0.15, -0.1) is 0 Å². The van der Waals surface area contributed by atoms with Crippen LogP contribution in [0.4, 0.5) is 0 Å². The highest BCUT2D eigenvalue weighted by Gasteiger charge is 2.29. The molecule has 1 N–H and O–H groups in total. The molecule has 1 aliphatic rings. The summed E-state index contributed by atoms with van der Waals surface area (Å²) < 4.78 is 16.9. The summed E-state index contributed by atoms with van der Waals surface area (Å²) >= 11 is 0. The van der Waals surface area contributed by atoms with Gasteiger partial charge in [-0.25, -0.2) is 4.98 Å². The Balaban J connectivity index is 1.97. The van der Waals surface area contributed by atoms with Gasteiger partial charge in [0.1, 0.15) is 11.9 Å². The quantitative estimate of drug-likeness (QED) is 0.839. The zero-order chi connectivity index (χ0) is 17.0. The van der Waals surface area contributed by atoms with Crippen LogP contribution in [-0.2, 0) is 4.74 Å². The van der Waals surface area contributed by atoms with Crippen LogP contribution in [0.15, 0.2) is 12.1 Å². The van der Waals surface area contributed by atoms with E-state index in [1.165, 1.54) is 0 Å². The number of aryl methyl sites for hydroxylation is 1. The lowest BCUT2D eigenvalue weighted by Crippen LogP contribution is -2.49. The SMILES string of the molecule is COc1cc(OC2CCCN(C(O)OC(C)(C)C)C2)cc(C)n1. The summed E-state index contributed by atoms with van der Waals surface area (Å²) in [5.74, 6) is 1.29. The maximum Gasteiger partial charge on any atom is 0.216 e. The van der Waals surface area contributed by atoms with E-state index in [9.17, 15) is 5.11 Å². The van der Waals surface area contributed by atoms with Crippen molar-refractivity contribution in [3.8, 4) is 11.6 Å². The molecular formula is C17H28N2O4. The molecule has 2 unspecified atom stereocenters. The van der Waals surface area contributed by atoms with Gasteiger partial charge in [0.15, 0.2) is 0 Å². The Kier molecular flexibility index (Phi) is 5.84. The Bertz CT molecular complexity index is 516. The van der Waals surface area contributed by atoms with E-state index in [-0.39, 0.29) is 11.7 Å². The molecule has 1 fully saturated rings. The minimum absolute atomic E-state index is 0.00785. The minimum Gasteiger partial charge on any atom is -0.489 e. The standard InChI is InChI=1S/C17H28N2O4/c1-12-9-14(10-15(18-12)21-5)22-13-7-6-8-19(11-13)16(20)23-17(2,3)4/h9-10,13,16,20H,6-8,11H2,1-5H3. The topological polar surface area (TPSA) is 64.1 Å². The first-order valence-electron chi connectivity index (χ1n) is 8.06. The second kappa shape index (κ2) is 7.47. The fraction of sp³-hybridized carbons (Fsp3) is 0.706. The zero-order valence-electron chi connectivity index (χ0n) is 14.7. The van der Waals surface area contributed by atoms with Crippen LogP contribution in [0, 0.1) is 6.92 Å². The van der Waals surface area contributed by atoms with Crippen molar-refractivity contribution in [1.29, 1.82) is 0 Å². The molecular weight excluding hydrogens is 296 g/mol. The van der Waals surface area contributed by atoms with Crippen molar-refractivity contribution in [3.05, 3.63) is 17.8 Å². The Labute approximate surface area is 138 Å². The molecule has 0 bridgehead atoms. The number of aromatic nitrogens is 1. The summed E-state index contributed by atoms with van der Waals surface area (Å²) in [5, 5.41) is 10.2. The lowest BCUT2D eigenvalue weighted by atomic mass is 10.1. The molecule has 0 saturated carbocycles. The minimum atomic E-state index is -0.907. The molecule has 1 aliphatic heterocycles. The van der Waals surface area contributed by atoms with Gasteiger partial charge in [-0.3, -0.25) is 4.90 Å². The Morgan fingerprint density at radius 1 is 1.35 bits per heavy atom. The number of rotatable bonds is 5. The molecule has 0 aromatic carbocycles. The van der Waals surface area contributed by atoms with Crippen LogP contribution in [0.5, 0.6) is 11.6 Å². The van der Waals surface area contributed by atoms with Crippen LogP contribution < -0.4 is 9.47 Å². The van der Waals surface area contributed by atoms with Crippen molar-refractivity contribution in [2.45, 2.75) is 58.7 Å².